The molecule has 0 aliphatic carbocycles. The molecule has 1 aliphatic rings. The van der Waals surface area contributed by atoms with Crippen LogP contribution in [0.4, 0.5) is 28.9 Å². The first-order chi connectivity index (χ1) is 17.9. The molecule has 1 amide bonds. The number of amides is 1. The summed E-state index contributed by atoms with van der Waals surface area (Å²) in [4.78, 5) is 21.2. The Morgan fingerprint density at radius 1 is 1.03 bits per heavy atom. The van der Waals surface area contributed by atoms with Gasteiger partial charge in [0, 0.05) is 42.5 Å². The van der Waals surface area contributed by atoms with E-state index >= 15 is 0 Å². The number of rotatable bonds is 3. The van der Waals surface area contributed by atoms with Gasteiger partial charge in [-0.3, -0.25) is 9.69 Å². The fourth-order valence-electron chi connectivity index (χ4n) is 4.30. The lowest BCUT2D eigenvalue weighted by Crippen LogP contribution is -2.55. The van der Waals surface area contributed by atoms with Crippen LogP contribution < -0.4 is 10.2 Å². The number of halogens is 5. The Bertz CT molecular complexity index is 1390. The van der Waals surface area contributed by atoms with Crippen LogP contribution >= 0.6 is 11.6 Å². The normalized spacial score (nSPS) is 18.1. The predicted octanol–water partition coefficient (Wildman–Crippen LogP) is 6.07. The van der Waals surface area contributed by atoms with Crippen molar-refractivity contribution in [1.82, 2.24) is 9.88 Å². The molecule has 2 aromatic carbocycles. The van der Waals surface area contributed by atoms with E-state index in [1.54, 1.807) is 30.3 Å². The third-order valence-electron chi connectivity index (χ3n) is 6.56. The Morgan fingerprint density at radius 3 is 2.26 bits per heavy atom. The second-order valence-corrected chi connectivity index (χ2v) is 9.65. The number of hydrogen-bond donors (Lipinski definition) is 1. The Morgan fingerprint density at radius 2 is 1.63 bits per heavy atom. The van der Waals surface area contributed by atoms with Crippen LogP contribution in [0.5, 0.6) is 0 Å². The summed E-state index contributed by atoms with van der Waals surface area (Å²) in [5.74, 6) is 4.55. The van der Waals surface area contributed by atoms with Gasteiger partial charge in [-0.2, -0.15) is 13.2 Å². The molecule has 0 unspecified atom stereocenters. The van der Waals surface area contributed by atoms with Gasteiger partial charge in [-0.05, 0) is 69.4 Å². The average Bonchev–Trinajstić information content (AvgIpc) is 2.86. The number of piperazine rings is 1. The summed E-state index contributed by atoms with van der Waals surface area (Å²) in [5.41, 5.74) is 0.265. The summed E-state index contributed by atoms with van der Waals surface area (Å²) < 4.78 is 54.2. The van der Waals surface area contributed by atoms with Crippen molar-refractivity contribution in [2.45, 2.75) is 32.1 Å². The van der Waals surface area contributed by atoms with E-state index in [2.05, 4.69) is 45.8 Å². The quantitative estimate of drug-likeness (QED) is 0.247. The molecule has 2 heterocycles. The highest BCUT2D eigenvalue weighted by Gasteiger charge is 2.36. The first kappa shape index (κ1) is 27.4. The van der Waals surface area contributed by atoms with Gasteiger partial charge in [-0.15, -0.1) is 0 Å². The fraction of sp³-hybridized carbons (Fsp3) is 0.286. The second-order valence-electron chi connectivity index (χ2n) is 9.26. The average molecular weight is 545 g/mol. The number of anilines is 2. The van der Waals surface area contributed by atoms with Crippen LogP contribution in [0.25, 0.3) is 0 Å². The first-order valence-electron chi connectivity index (χ1n) is 11.8. The minimum atomic E-state index is -4.80. The highest BCUT2D eigenvalue weighted by Crippen LogP contribution is 2.35. The molecule has 198 valence electrons. The van der Waals surface area contributed by atoms with Gasteiger partial charge in [0.05, 0.1) is 22.5 Å². The molecule has 1 aromatic heterocycles. The highest BCUT2D eigenvalue weighted by molar-refractivity contribution is 6.29. The highest BCUT2D eigenvalue weighted by atomic mass is 35.5. The zero-order valence-corrected chi connectivity index (χ0v) is 21.7. The molecule has 0 bridgehead atoms. The van der Waals surface area contributed by atoms with Gasteiger partial charge in [-0.1, -0.05) is 23.4 Å². The van der Waals surface area contributed by atoms with Crippen LogP contribution in [-0.4, -0.2) is 48.0 Å². The van der Waals surface area contributed by atoms with Crippen molar-refractivity contribution in [3.05, 3.63) is 88.0 Å². The van der Waals surface area contributed by atoms with E-state index in [9.17, 15) is 22.4 Å². The molecule has 5 nitrogen and oxygen atoms in total. The summed E-state index contributed by atoms with van der Waals surface area (Å²) in [6, 6.07) is 11.9. The second kappa shape index (κ2) is 11.0. The molecule has 1 N–H and O–H groups in total. The first-order valence-corrected chi connectivity index (χ1v) is 12.2. The molecule has 38 heavy (non-hydrogen) atoms. The van der Waals surface area contributed by atoms with Crippen LogP contribution in [0.1, 0.15) is 40.9 Å². The number of carbonyl (C=O) groups is 1. The molecule has 0 radical (unpaired) electrons. The maximum absolute atomic E-state index is 13.6. The summed E-state index contributed by atoms with van der Waals surface area (Å²) >= 11 is 5.68. The number of pyridine rings is 1. The maximum Gasteiger partial charge on any atom is 0.417 e. The number of aromatic nitrogens is 1. The van der Waals surface area contributed by atoms with E-state index in [1.807, 2.05) is 7.05 Å². The molecule has 4 rings (SSSR count). The fourth-order valence-corrected chi connectivity index (χ4v) is 4.46. The van der Waals surface area contributed by atoms with Crippen LogP contribution in [-0.2, 0) is 6.18 Å². The molecule has 0 spiro atoms. The predicted molar refractivity (Wildman–Crippen MR) is 140 cm³/mol. The van der Waals surface area contributed by atoms with E-state index in [4.69, 9.17) is 11.6 Å². The van der Waals surface area contributed by atoms with Gasteiger partial charge < -0.3 is 10.2 Å². The smallest absolute Gasteiger partial charge is 0.367 e. The Labute approximate surface area is 223 Å². The van der Waals surface area contributed by atoms with E-state index in [-0.39, 0.29) is 23.1 Å². The number of benzene rings is 2. The Balaban J connectivity index is 1.73. The van der Waals surface area contributed by atoms with Crippen LogP contribution in [0.3, 0.4) is 0 Å². The molecular weight excluding hydrogens is 520 g/mol. The topological polar surface area (TPSA) is 48.5 Å². The lowest BCUT2D eigenvalue weighted by atomic mass is 10.1. The molecule has 0 saturated carbocycles. The van der Waals surface area contributed by atoms with Crippen molar-refractivity contribution in [3.8, 4) is 11.8 Å². The van der Waals surface area contributed by atoms with Gasteiger partial charge in [-0.25, -0.2) is 9.37 Å². The van der Waals surface area contributed by atoms with E-state index < -0.39 is 23.2 Å². The molecule has 10 heteroatoms. The van der Waals surface area contributed by atoms with Gasteiger partial charge in [0.1, 0.15) is 11.0 Å². The van der Waals surface area contributed by atoms with Crippen molar-refractivity contribution in [3.63, 3.8) is 0 Å². The summed E-state index contributed by atoms with van der Waals surface area (Å²) in [6.45, 7) is 5.47. The minimum Gasteiger partial charge on any atom is -0.367 e. The van der Waals surface area contributed by atoms with E-state index in [0.717, 1.165) is 6.20 Å². The zero-order chi connectivity index (χ0) is 27.6. The third-order valence-corrected chi connectivity index (χ3v) is 6.77. The van der Waals surface area contributed by atoms with Crippen molar-refractivity contribution in [1.29, 1.82) is 0 Å². The van der Waals surface area contributed by atoms with E-state index in [1.165, 1.54) is 12.1 Å². The summed E-state index contributed by atoms with van der Waals surface area (Å²) in [5, 5.41) is 2.28. The number of nitrogens with zero attached hydrogens (tertiary/aromatic N) is 3. The largest absolute Gasteiger partial charge is 0.417 e. The summed E-state index contributed by atoms with van der Waals surface area (Å²) in [6.07, 6.45) is -3.98. The maximum atomic E-state index is 13.6. The van der Waals surface area contributed by atoms with Crippen molar-refractivity contribution in [2.24, 2.45) is 0 Å². The van der Waals surface area contributed by atoms with Gasteiger partial charge in [0.25, 0.3) is 5.91 Å². The van der Waals surface area contributed by atoms with Crippen LogP contribution in [0.2, 0.25) is 5.15 Å². The van der Waals surface area contributed by atoms with Gasteiger partial charge >= 0.3 is 6.18 Å². The Kier molecular flexibility index (Phi) is 7.95. The molecule has 1 saturated heterocycles. The van der Waals surface area contributed by atoms with Crippen LogP contribution in [0, 0.1) is 17.7 Å². The Hall–Kier alpha value is -3.61. The summed E-state index contributed by atoms with van der Waals surface area (Å²) in [7, 11) is 2.04. The van der Waals surface area contributed by atoms with Gasteiger partial charge in [0.15, 0.2) is 0 Å². The molecule has 2 atom stereocenters. The number of nitrogens with one attached hydrogen (secondary N) is 1. The standard InChI is InChI=1S/C28H25ClF4N4O/c1-17-15-37(16-18(2)36(17)3)25-11-8-20(5-4-19-6-9-21(30)10-7-19)12-24(25)35-27(38)22-14-34-26(29)13-23(22)28(31,32)33/h6-14,17-18H,15-16H2,1-3H3,(H,35,38)/t17-,18+. The number of alkyl halides is 3. The lowest BCUT2D eigenvalue weighted by Gasteiger charge is -2.44. The van der Waals surface area contributed by atoms with Crippen molar-refractivity contribution in [2.75, 3.05) is 30.4 Å². The number of hydrogen-bond acceptors (Lipinski definition) is 4. The molecule has 3 aromatic rings. The van der Waals surface area contributed by atoms with Crippen molar-refractivity contribution >= 4 is 28.9 Å². The zero-order valence-electron chi connectivity index (χ0n) is 20.9. The molecule has 1 aliphatic heterocycles. The van der Waals surface area contributed by atoms with Crippen molar-refractivity contribution < 1.29 is 22.4 Å². The monoisotopic (exact) mass is 544 g/mol. The van der Waals surface area contributed by atoms with E-state index in [0.29, 0.717) is 41.7 Å². The minimum absolute atomic E-state index is 0.206. The number of carbonyl (C=O) groups excluding carboxylic acids is 1. The lowest BCUT2D eigenvalue weighted by molar-refractivity contribution is -0.137. The molecular formula is C28H25ClF4N4O. The van der Waals surface area contributed by atoms with Crippen LogP contribution in [0.15, 0.2) is 54.7 Å². The van der Waals surface area contributed by atoms with Gasteiger partial charge in [0.2, 0.25) is 0 Å². The third kappa shape index (κ3) is 6.26. The number of likely N-dealkylation sites (N-methyl/N-ethyl adjacent to an activating group) is 1. The SMILES string of the molecule is C[C@@H]1CN(c2ccc(C#Cc3ccc(F)cc3)cc2NC(=O)c2cnc(Cl)cc2C(F)(F)F)C[C@H](C)N1C. The molecule has 1 fully saturated rings.